The van der Waals surface area contributed by atoms with E-state index in [1.54, 1.807) is 13.1 Å². The van der Waals surface area contributed by atoms with Crippen LogP contribution in [0.5, 0.6) is 0 Å². The minimum atomic E-state index is -3.82. The largest absolute Gasteiger partial charge is 0.378 e. The van der Waals surface area contributed by atoms with Crippen LogP contribution < -0.4 is 0 Å². The summed E-state index contributed by atoms with van der Waals surface area (Å²) in [5.41, 5.74) is 0. The molecule has 30 heavy (non-hydrogen) atoms. The highest BCUT2D eigenvalue weighted by atomic mass is 32.2. The van der Waals surface area contributed by atoms with Gasteiger partial charge in [-0.1, -0.05) is 31.1 Å². The van der Waals surface area contributed by atoms with E-state index in [0.29, 0.717) is 0 Å². The number of rotatable bonds is 13. The van der Waals surface area contributed by atoms with Gasteiger partial charge in [0.25, 0.3) is 0 Å². The second-order valence-electron chi connectivity index (χ2n) is 8.22. The standard InChI is InChI=1S/C23H37FN2O3S/c1-4-17-25(2)18-9-5-6-10-19-29-21-15-13-20(14-16-21)26(3)30(27,28)23-12-8-7-11-22(23)24/h4,7-8,11-12,20-21H,1,5-6,9-10,13-19H2,2-3H3. The third-order valence-electron chi connectivity index (χ3n) is 5.88. The minimum Gasteiger partial charge on any atom is -0.378 e. The lowest BCUT2D eigenvalue weighted by Gasteiger charge is -2.34. The lowest BCUT2D eigenvalue weighted by atomic mass is 9.93. The van der Waals surface area contributed by atoms with E-state index in [9.17, 15) is 12.8 Å². The van der Waals surface area contributed by atoms with E-state index in [4.69, 9.17) is 4.74 Å². The summed E-state index contributed by atoms with van der Waals surface area (Å²) in [6, 6.07) is 5.45. The molecular weight excluding hydrogens is 403 g/mol. The average Bonchev–Trinajstić information content (AvgIpc) is 2.73. The van der Waals surface area contributed by atoms with Crippen LogP contribution in [0.15, 0.2) is 41.8 Å². The molecule has 0 N–H and O–H groups in total. The number of hydrogen-bond acceptors (Lipinski definition) is 4. The molecule has 0 unspecified atom stereocenters. The van der Waals surface area contributed by atoms with Gasteiger partial charge in [-0.15, -0.1) is 6.58 Å². The smallest absolute Gasteiger partial charge is 0.245 e. The second-order valence-corrected chi connectivity index (χ2v) is 10.2. The summed E-state index contributed by atoms with van der Waals surface area (Å²) in [5.74, 6) is -0.700. The predicted octanol–water partition coefficient (Wildman–Crippen LogP) is 4.45. The van der Waals surface area contributed by atoms with Gasteiger partial charge in [0.2, 0.25) is 10.0 Å². The Morgan fingerprint density at radius 2 is 1.77 bits per heavy atom. The molecule has 0 amide bonds. The molecule has 2 rings (SSSR count). The van der Waals surface area contributed by atoms with Crippen molar-refractivity contribution in [2.75, 3.05) is 33.8 Å². The van der Waals surface area contributed by atoms with Gasteiger partial charge in [0, 0.05) is 26.2 Å². The van der Waals surface area contributed by atoms with Gasteiger partial charge in [0.1, 0.15) is 10.7 Å². The topological polar surface area (TPSA) is 49.9 Å². The van der Waals surface area contributed by atoms with Crippen LogP contribution in [0.25, 0.3) is 0 Å². The van der Waals surface area contributed by atoms with Crippen LogP contribution in [0, 0.1) is 5.82 Å². The van der Waals surface area contributed by atoms with Crippen molar-refractivity contribution in [1.29, 1.82) is 0 Å². The van der Waals surface area contributed by atoms with Crippen molar-refractivity contribution >= 4 is 10.0 Å². The van der Waals surface area contributed by atoms with E-state index in [2.05, 4.69) is 18.5 Å². The van der Waals surface area contributed by atoms with Crippen LogP contribution in [0.3, 0.4) is 0 Å². The van der Waals surface area contributed by atoms with Crippen molar-refractivity contribution in [2.24, 2.45) is 0 Å². The van der Waals surface area contributed by atoms with E-state index in [1.165, 1.54) is 41.8 Å². The van der Waals surface area contributed by atoms with Gasteiger partial charge in [-0.05, 0) is 64.3 Å². The fourth-order valence-corrected chi connectivity index (χ4v) is 5.46. The fourth-order valence-electron chi connectivity index (χ4n) is 3.98. The molecule has 0 spiro atoms. The molecule has 0 radical (unpaired) electrons. The van der Waals surface area contributed by atoms with Crippen molar-refractivity contribution in [3.05, 3.63) is 42.7 Å². The Hall–Kier alpha value is -1.28. The molecular formula is C23H37FN2O3S. The molecule has 0 atom stereocenters. The Balaban J connectivity index is 1.65. The lowest BCUT2D eigenvalue weighted by molar-refractivity contribution is 0.0156. The first-order valence-electron chi connectivity index (χ1n) is 11.0. The number of sulfonamides is 1. The highest BCUT2D eigenvalue weighted by Crippen LogP contribution is 2.29. The van der Waals surface area contributed by atoms with Crippen LogP contribution in [0.2, 0.25) is 0 Å². The van der Waals surface area contributed by atoms with Crippen molar-refractivity contribution < 1.29 is 17.5 Å². The third-order valence-corrected chi connectivity index (χ3v) is 7.82. The maximum absolute atomic E-state index is 14.0. The molecule has 1 aromatic rings. The molecule has 0 saturated heterocycles. The fraction of sp³-hybridized carbons (Fsp3) is 0.652. The van der Waals surface area contributed by atoms with E-state index < -0.39 is 15.8 Å². The van der Waals surface area contributed by atoms with Crippen molar-refractivity contribution in [2.45, 2.75) is 68.4 Å². The molecule has 1 aliphatic rings. The number of ether oxygens (including phenoxy) is 1. The number of likely N-dealkylation sites (N-methyl/N-ethyl adjacent to an activating group) is 1. The summed E-state index contributed by atoms with van der Waals surface area (Å²) in [4.78, 5) is 2.02. The molecule has 0 heterocycles. The summed E-state index contributed by atoms with van der Waals surface area (Å²) in [5, 5.41) is 0. The number of nitrogens with zero attached hydrogens (tertiary/aromatic N) is 2. The molecule has 1 aliphatic carbocycles. The average molecular weight is 441 g/mol. The summed E-state index contributed by atoms with van der Waals surface area (Å²) >= 11 is 0. The second kappa shape index (κ2) is 12.5. The van der Waals surface area contributed by atoms with Gasteiger partial charge in [0.05, 0.1) is 6.10 Å². The summed E-state index contributed by atoms with van der Waals surface area (Å²) in [7, 11) is -0.151. The van der Waals surface area contributed by atoms with Gasteiger partial charge >= 0.3 is 0 Å². The molecule has 1 aromatic carbocycles. The quantitative estimate of drug-likeness (QED) is 0.336. The molecule has 7 heteroatoms. The van der Waals surface area contributed by atoms with Gasteiger partial charge < -0.3 is 9.64 Å². The molecule has 0 aliphatic heterocycles. The van der Waals surface area contributed by atoms with Crippen LogP contribution in [-0.2, 0) is 14.8 Å². The third kappa shape index (κ3) is 7.45. The van der Waals surface area contributed by atoms with Gasteiger partial charge in [0.15, 0.2) is 0 Å². The molecule has 0 aromatic heterocycles. The van der Waals surface area contributed by atoms with Crippen LogP contribution in [0.4, 0.5) is 4.39 Å². The van der Waals surface area contributed by atoms with Gasteiger partial charge in [-0.25, -0.2) is 12.8 Å². The lowest BCUT2D eigenvalue weighted by Crippen LogP contribution is -2.41. The zero-order valence-corrected chi connectivity index (χ0v) is 19.2. The van der Waals surface area contributed by atoms with E-state index in [1.807, 2.05) is 6.08 Å². The maximum Gasteiger partial charge on any atom is 0.245 e. The Labute approximate surface area is 181 Å². The normalized spacial score (nSPS) is 20.0. The SMILES string of the molecule is C=CCN(C)CCCCCCOC1CCC(N(C)S(=O)(=O)c2ccccc2F)CC1. The van der Waals surface area contributed by atoms with E-state index in [0.717, 1.165) is 51.8 Å². The Bertz CT molecular complexity index is 749. The van der Waals surface area contributed by atoms with Crippen molar-refractivity contribution in [3.63, 3.8) is 0 Å². The minimum absolute atomic E-state index is 0.109. The number of benzene rings is 1. The first-order valence-corrected chi connectivity index (χ1v) is 12.4. The highest BCUT2D eigenvalue weighted by molar-refractivity contribution is 7.89. The van der Waals surface area contributed by atoms with E-state index >= 15 is 0 Å². The first-order chi connectivity index (χ1) is 14.4. The number of unbranched alkanes of at least 4 members (excludes halogenated alkanes) is 3. The van der Waals surface area contributed by atoms with Gasteiger partial charge in [-0.2, -0.15) is 4.31 Å². The number of halogens is 1. The molecule has 1 saturated carbocycles. The molecule has 170 valence electrons. The maximum atomic E-state index is 14.0. The van der Waals surface area contributed by atoms with Gasteiger partial charge in [-0.3, -0.25) is 0 Å². The molecule has 0 bridgehead atoms. The van der Waals surface area contributed by atoms with Crippen molar-refractivity contribution in [1.82, 2.24) is 9.21 Å². The predicted molar refractivity (Wildman–Crippen MR) is 120 cm³/mol. The highest BCUT2D eigenvalue weighted by Gasteiger charge is 2.33. The van der Waals surface area contributed by atoms with Crippen molar-refractivity contribution in [3.8, 4) is 0 Å². The molecule has 1 fully saturated rings. The Morgan fingerprint density at radius 1 is 1.10 bits per heavy atom. The van der Waals surface area contributed by atoms with E-state index in [-0.39, 0.29) is 17.0 Å². The molecule has 5 nitrogen and oxygen atoms in total. The monoisotopic (exact) mass is 440 g/mol. The Kier molecular flexibility index (Phi) is 10.4. The zero-order valence-electron chi connectivity index (χ0n) is 18.4. The first kappa shape index (κ1) is 25.0. The van der Waals surface area contributed by atoms with Crippen LogP contribution in [-0.4, -0.2) is 63.6 Å². The summed E-state index contributed by atoms with van der Waals surface area (Å²) < 4.78 is 46.8. The van der Waals surface area contributed by atoms with Crippen LogP contribution in [0.1, 0.15) is 51.4 Å². The van der Waals surface area contributed by atoms with Crippen LogP contribution >= 0.6 is 0 Å². The Morgan fingerprint density at radius 3 is 2.43 bits per heavy atom. The summed E-state index contributed by atoms with van der Waals surface area (Å²) in [6.07, 6.45) is 9.92. The zero-order chi connectivity index (χ0) is 22.0. The summed E-state index contributed by atoms with van der Waals surface area (Å²) in [6.45, 7) is 6.55. The number of hydrogen-bond donors (Lipinski definition) is 0.